The molecule has 0 aliphatic carbocycles. The Hall–Kier alpha value is -3.87. The number of nitrogens with zero attached hydrogens (tertiary/aromatic N) is 1. The van der Waals surface area contributed by atoms with E-state index in [2.05, 4.69) is 15.5 Å². The highest BCUT2D eigenvalue weighted by Crippen LogP contribution is 2.22. The SMILES string of the molecule is N=C(C(=O)Nc1ccc(N2CCCCC2)cc1)c1ccccc1NCCOc1ccc(F)cc1. The highest BCUT2D eigenvalue weighted by atomic mass is 19.1. The summed E-state index contributed by atoms with van der Waals surface area (Å²) in [5.41, 5.74) is 2.87. The highest BCUT2D eigenvalue weighted by Gasteiger charge is 2.16. The number of hydrogen-bond donors (Lipinski definition) is 3. The molecule has 0 atom stereocenters. The van der Waals surface area contributed by atoms with Crippen LogP contribution in [-0.4, -0.2) is 37.9 Å². The molecule has 3 aromatic carbocycles. The van der Waals surface area contributed by atoms with Gasteiger partial charge < -0.3 is 20.3 Å². The molecule has 1 saturated heterocycles. The van der Waals surface area contributed by atoms with E-state index >= 15 is 0 Å². The van der Waals surface area contributed by atoms with Crippen molar-refractivity contribution < 1.29 is 13.9 Å². The number of rotatable bonds is 9. The third-order valence-corrected chi connectivity index (χ3v) is 5.77. The van der Waals surface area contributed by atoms with Crippen LogP contribution in [0.2, 0.25) is 0 Å². The van der Waals surface area contributed by atoms with E-state index in [1.807, 2.05) is 36.4 Å². The monoisotopic (exact) mass is 460 g/mol. The third-order valence-electron chi connectivity index (χ3n) is 5.77. The summed E-state index contributed by atoms with van der Waals surface area (Å²) < 4.78 is 18.6. The second-order valence-corrected chi connectivity index (χ2v) is 8.20. The molecule has 1 amide bonds. The number of ether oxygens (including phenoxy) is 1. The van der Waals surface area contributed by atoms with Crippen molar-refractivity contribution in [2.24, 2.45) is 0 Å². The lowest BCUT2D eigenvalue weighted by Crippen LogP contribution is -2.29. The summed E-state index contributed by atoms with van der Waals surface area (Å²) in [7, 11) is 0. The predicted molar refractivity (Wildman–Crippen MR) is 135 cm³/mol. The van der Waals surface area contributed by atoms with Gasteiger partial charge in [0.2, 0.25) is 0 Å². The fourth-order valence-electron chi connectivity index (χ4n) is 3.96. The first kappa shape index (κ1) is 23.3. The number of nitrogens with one attached hydrogen (secondary N) is 3. The van der Waals surface area contributed by atoms with Crippen LogP contribution < -0.4 is 20.3 Å². The smallest absolute Gasteiger partial charge is 0.274 e. The van der Waals surface area contributed by atoms with Gasteiger partial charge in [0, 0.05) is 42.3 Å². The average molecular weight is 461 g/mol. The molecule has 0 spiro atoms. The number of anilines is 3. The molecule has 0 saturated carbocycles. The molecule has 7 heteroatoms. The summed E-state index contributed by atoms with van der Waals surface area (Å²) in [6.45, 7) is 2.94. The molecule has 4 rings (SSSR count). The van der Waals surface area contributed by atoms with Crippen molar-refractivity contribution in [3.63, 3.8) is 0 Å². The van der Waals surface area contributed by atoms with Crippen LogP contribution in [0.3, 0.4) is 0 Å². The summed E-state index contributed by atoms with van der Waals surface area (Å²) in [6, 6.07) is 20.8. The topological polar surface area (TPSA) is 77.5 Å². The van der Waals surface area contributed by atoms with Crippen LogP contribution in [0.1, 0.15) is 24.8 Å². The maximum Gasteiger partial charge on any atom is 0.274 e. The Bertz CT molecular complexity index is 1110. The molecular formula is C27H29FN4O2. The van der Waals surface area contributed by atoms with Crippen molar-refractivity contribution in [1.82, 2.24) is 0 Å². The molecule has 3 aromatic rings. The van der Waals surface area contributed by atoms with Crippen molar-refractivity contribution in [3.8, 4) is 5.75 Å². The summed E-state index contributed by atoms with van der Waals surface area (Å²) in [4.78, 5) is 15.1. The fraction of sp³-hybridized carbons (Fsp3) is 0.259. The molecule has 0 unspecified atom stereocenters. The molecule has 0 radical (unpaired) electrons. The lowest BCUT2D eigenvalue weighted by Gasteiger charge is -2.28. The number of carbonyl (C=O) groups is 1. The third kappa shape index (κ3) is 6.13. The summed E-state index contributed by atoms with van der Waals surface area (Å²) in [5, 5.41) is 14.5. The van der Waals surface area contributed by atoms with Crippen LogP contribution in [-0.2, 0) is 4.79 Å². The fourth-order valence-corrected chi connectivity index (χ4v) is 3.96. The highest BCUT2D eigenvalue weighted by molar-refractivity contribution is 6.48. The van der Waals surface area contributed by atoms with Crippen LogP contribution in [0.4, 0.5) is 21.5 Å². The second-order valence-electron chi connectivity index (χ2n) is 8.20. The second kappa shape index (κ2) is 11.3. The van der Waals surface area contributed by atoms with Gasteiger partial charge in [0.15, 0.2) is 0 Å². The maximum absolute atomic E-state index is 13.0. The predicted octanol–water partition coefficient (Wildman–Crippen LogP) is 5.31. The van der Waals surface area contributed by atoms with Crippen LogP contribution in [0.5, 0.6) is 5.75 Å². The Labute approximate surface area is 199 Å². The van der Waals surface area contributed by atoms with Crippen molar-refractivity contribution in [3.05, 3.63) is 84.2 Å². The van der Waals surface area contributed by atoms with Gasteiger partial charge in [-0.3, -0.25) is 10.2 Å². The number of piperidine rings is 1. The van der Waals surface area contributed by atoms with E-state index in [0.29, 0.717) is 35.8 Å². The molecular weight excluding hydrogens is 431 g/mol. The first-order valence-electron chi connectivity index (χ1n) is 11.6. The minimum absolute atomic E-state index is 0.123. The Balaban J connectivity index is 1.32. The van der Waals surface area contributed by atoms with Crippen molar-refractivity contribution in [2.45, 2.75) is 19.3 Å². The van der Waals surface area contributed by atoms with Crippen molar-refractivity contribution in [2.75, 3.05) is 41.8 Å². The maximum atomic E-state index is 13.0. The van der Waals surface area contributed by atoms with E-state index in [-0.39, 0.29) is 11.5 Å². The van der Waals surface area contributed by atoms with Gasteiger partial charge in [-0.2, -0.15) is 0 Å². The van der Waals surface area contributed by atoms with E-state index in [4.69, 9.17) is 10.1 Å². The first-order chi connectivity index (χ1) is 16.6. The van der Waals surface area contributed by atoms with Crippen LogP contribution in [0.25, 0.3) is 0 Å². The van der Waals surface area contributed by atoms with Gasteiger partial charge in [-0.25, -0.2) is 4.39 Å². The number of hydrogen-bond acceptors (Lipinski definition) is 5. The molecule has 1 aliphatic heterocycles. The van der Waals surface area contributed by atoms with E-state index < -0.39 is 5.91 Å². The number of halogens is 1. The first-order valence-corrected chi connectivity index (χ1v) is 11.6. The van der Waals surface area contributed by atoms with Gasteiger partial charge in [-0.1, -0.05) is 18.2 Å². The molecule has 1 fully saturated rings. The van der Waals surface area contributed by atoms with E-state index in [1.165, 1.54) is 31.4 Å². The van der Waals surface area contributed by atoms with Gasteiger partial charge >= 0.3 is 0 Å². The molecule has 6 nitrogen and oxygen atoms in total. The summed E-state index contributed by atoms with van der Waals surface area (Å²) >= 11 is 0. The van der Waals surface area contributed by atoms with Gasteiger partial charge in [0.1, 0.15) is 23.9 Å². The normalized spacial score (nSPS) is 13.3. The largest absolute Gasteiger partial charge is 0.492 e. The number of para-hydroxylation sites is 1. The molecule has 1 aliphatic rings. The summed E-state index contributed by atoms with van der Waals surface area (Å²) in [5.74, 6) is -0.202. The molecule has 0 bridgehead atoms. The average Bonchev–Trinajstić information content (AvgIpc) is 2.88. The van der Waals surface area contributed by atoms with Gasteiger partial charge in [0.25, 0.3) is 5.91 Å². The minimum atomic E-state index is -0.470. The minimum Gasteiger partial charge on any atom is -0.492 e. The van der Waals surface area contributed by atoms with Crippen LogP contribution >= 0.6 is 0 Å². The van der Waals surface area contributed by atoms with Crippen LogP contribution in [0, 0.1) is 11.2 Å². The molecule has 34 heavy (non-hydrogen) atoms. The quantitative estimate of drug-likeness (QED) is 0.299. The Morgan fingerprint density at radius 3 is 2.38 bits per heavy atom. The lowest BCUT2D eigenvalue weighted by atomic mass is 10.1. The number of carbonyl (C=O) groups excluding carboxylic acids is 1. The lowest BCUT2D eigenvalue weighted by molar-refractivity contribution is -0.110. The summed E-state index contributed by atoms with van der Waals surface area (Å²) in [6.07, 6.45) is 3.70. The van der Waals surface area contributed by atoms with Crippen molar-refractivity contribution in [1.29, 1.82) is 5.41 Å². The Morgan fingerprint density at radius 1 is 0.941 bits per heavy atom. The molecule has 1 heterocycles. The molecule has 3 N–H and O–H groups in total. The number of amides is 1. The zero-order valence-corrected chi connectivity index (χ0v) is 19.0. The molecule has 176 valence electrons. The standard InChI is InChI=1S/C27H29FN4O2/c28-20-8-14-23(15-9-20)34-19-16-30-25-7-3-2-6-24(25)26(29)27(33)31-21-10-12-22(13-11-21)32-17-4-1-5-18-32/h2-3,6-15,29-30H,1,4-5,16-19H2,(H,31,33). The molecule has 0 aromatic heterocycles. The van der Waals surface area contributed by atoms with E-state index in [1.54, 1.807) is 24.3 Å². The van der Waals surface area contributed by atoms with E-state index in [0.717, 1.165) is 18.8 Å². The van der Waals surface area contributed by atoms with Gasteiger partial charge in [-0.05, 0) is 73.9 Å². The van der Waals surface area contributed by atoms with Crippen molar-refractivity contribution >= 4 is 28.7 Å². The van der Waals surface area contributed by atoms with Crippen LogP contribution in [0.15, 0.2) is 72.8 Å². The Kier molecular flexibility index (Phi) is 7.75. The number of benzene rings is 3. The van der Waals surface area contributed by atoms with Gasteiger partial charge in [-0.15, -0.1) is 0 Å². The Morgan fingerprint density at radius 2 is 1.65 bits per heavy atom. The zero-order chi connectivity index (χ0) is 23.8. The van der Waals surface area contributed by atoms with Gasteiger partial charge in [0.05, 0.1) is 0 Å². The van der Waals surface area contributed by atoms with E-state index in [9.17, 15) is 9.18 Å². The zero-order valence-electron chi connectivity index (χ0n) is 19.0.